The second-order valence-electron chi connectivity index (χ2n) is 3.50. The maximum Gasteiger partial charge on any atom is 0.324 e. The van der Waals surface area contributed by atoms with Gasteiger partial charge in [-0.3, -0.25) is 5.32 Å². The third kappa shape index (κ3) is 3.18. The van der Waals surface area contributed by atoms with Gasteiger partial charge in [-0.05, 0) is 6.92 Å². The third-order valence-electron chi connectivity index (χ3n) is 2.18. The molecule has 1 aromatic carbocycles. The van der Waals surface area contributed by atoms with E-state index in [1.165, 1.54) is 11.3 Å². The summed E-state index contributed by atoms with van der Waals surface area (Å²) >= 11 is 1.40. The van der Waals surface area contributed by atoms with Gasteiger partial charge in [0, 0.05) is 17.1 Å². The first-order chi connectivity index (χ1) is 8.79. The lowest BCUT2D eigenvalue weighted by Crippen LogP contribution is -2.23. The van der Waals surface area contributed by atoms with E-state index in [1.807, 2.05) is 42.6 Å². The Morgan fingerprint density at radius 3 is 2.83 bits per heavy atom. The number of thiazole rings is 1. The van der Waals surface area contributed by atoms with Crippen LogP contribution in [-0.4, -0.2) is 11.0 Å². The summed E-state index contributed by atoms with van der Waals surface area (Å²) in [6, 6.07) is 9.56. The van der Waals surface area contributed by atoms with Crippen molar-refractivity contribution >= 4 is 22.5 Å². The Kier molecular flexibility index (Phi) is 4.09. The molecule has 0 aliphatic carbocycles. The molecule has 0 aliphatic heterocycles. The fourth-order valence-electron chi connectivity index (χ4n) is 1.36. The van der Waals surface area contributed by atoms with E-state index in [9.17, 15) is 4.79 Å². The Labute approximate surface area is 109 Å². The highest BCUT2D eigenvalue weighted by Gasteiger charge is 2.06. The number of nitrogens with one attached hydrogen (secondary N) is 2. The Morgan fingerprint density at radius 1 is 1.33 bits per heavy atom. The standard InChI is InChI=1S/C13H13N3OS/c1-2-8-14-12(17)16-13-15-11(9-18-13)10-6-4-3-5-7-10/h2-9H,1H3,(H2,14,15,16,17)/b8-2-. The molecule has 2 amide bonds. The fourth-order valence-corrected chi connectivity index (χ4v) is 2.08. The van der Waals surface area contributed by atoms with Gasteiger partial charge in [-0.1, -0.05) is 36.4 Å². The topological polar surface area (TPSA) is 54.0 Å². The van der Waals surface area contributed by atoms with Gasteiger partial charge in [-0.2, -0.15) is 0 Å². The van der Waals surface area contributed by atoms with Crippen molar-refractivity contribution in [1.82, 2.24) is 10.3 Å². The SMILES string of the molecule is C/C=C\NC(=O)Nc1nc(-c2ccccc2)cs1. The first-order valence-electron chi connectivity index (χ1n) is 5.49. The smallest absolute Gasteiger partial charge is 0.315 e. The molecule has 4 nitrogen and oxygen atoms in total. The molecule has 0 fully saturated rings. The van der Waals surface area contributed by atoms with Gasteiger partial charge >= 0.3 is 6.03 Å². The number of urea groups is 1. The van der Waals surface area contributed by atoms with Gasteiger partial charge in [0.05, 0.1) is 5.69 Å². The molecule has 2 N–H and O–H groups in total. The Morgan fingerprint density at radius 2 is 2.11 bits per heavy atom. The Balaban J connectivity index is 2.05. The summed E-state index contributed by atoms with van der Waals surface area (Å²) in [5.41, 5.74) is 1.90. The molecule has 0 radical (unpaired) electrons. The number of amides is 2. The van der Waals surface area contributed by atoms with Crippen LogP contribution in [0.2, 0.25) is 0 Å². The summed E-state index contributed by atoms with van der Waals surface area (Å²) in [5, 5.41) is 7.74. The average molecular weight is 259 g/mol. The van der Waals surface area contributed by atoms with E-state index in [4.69, 9.17) is 0 Å². The molecule has 0 saturated heterocycles. The fraction of sp³-hybridized carbons (Fsp3) is 0.0769. The molecule has 0 unspecified atom stereocenters. The van der Waals surface area contributed by atoms with E-state index < -0.39 is 0 Å². The van der Waals surface area contributed by atoms with E-state index in [-0.39, 0.29) is 6.03 Å². The number of allylic oxidation sites excluding steroid dienone is 1. The van der Waals surface area contributed by atoms with E-state index in [0.717, 1.165) is 11.3 Å². The summed E-state index contributed by atoms with van der Waals surface area (Å²) in [7, 11) is 0. The van der Waals surface area contributed by atoms with Crippen LogP contribution in [0.5, 0.6) is 0 Å². The van der Waals surface area contributed by atoms with Crippen LogP contribution in [0.1, 0.15) is 6.92 Å². The predicted octanol–water partition coefficient (Wildman–Crippen LogP) is 3.47. The highest BCUT2D eigenvalue weighted by Crippen LogP contribution is 2.24. The van der Waals surface area contributed by atoms with Crippen LogP contribution < -0.4 is 10.6 Å². The molecule has 92 valence electrons. The van der Waals surface area contributed by atoms with E-state index >= 15 is 0 Å². The molecule has 0 atom stereocenters. The molecule has 1 heterocycles. The minimum absolute atomic E-state index is 0.290. The molecule has 0 spiro atoms. The summed E-state index contributed by atoms with van der Waals surface area (Å²) < 4.78 is 0. The molecule has 18 heavy (non-hydrogen) atoms. The first-order valence-corrected chi connectivity index (χ1v) is 6.37. The first kappa shape index (κ1) is 12.3. The predicted molar refractivity (Wildman–Crippen MR) is 74.5 cm³/mol. The van der Waals surface area contributed by atoms with Crippen molar-refractivity contribution in [2.75, 3.05) is 5.32 Å². The van der Waals surface area contributed by atoms with E-state index in [2.05, 4.69) is 15.6 Å². The molecule has 1 aromatic heterocycles. The van der Waals surface area contributed by atoms with E-state index in [0.29, 0.717) is 5.13 Å². The zero-order valence-electron chi connectivity index (χ0n) is 9.88. The van der Waals surface area contributed by atoms with Crippen molar-refractivity contribution in [3.63, 3.8) is 0 Å². The number of anilines is 1. The number of hydrogen-bond donors (Lipinski definition) is 2. The minimum Gasteiger partial charge on any atom is -0.315 e. The van der Waals surface area contributed by atoms with E-state index in [1.54, 1.807) is 12.3 Å². The van der Waals surface area contributed by atoms with Gasteiger partial charge in [0.2, 0.25) is 0 Å². The van der Waals surface area contributed by atoms with Gasteiger partial charge in [-0.25, -0.2) is 9.78 Å². The molecule has 2 aromatic rings. The number of aromatic nitrogens is 1. The number of benzene rings is 1. The van der Waals surface area contributed by atoms with Gasteiger partial charge in [0.15, 0.2) is 5.13 Å². The molecule has 5 heteroatoms. The average Bonchev–Trinajstić information content (AvgIpc) is 2.86. The number of rotatable bonds is 3. The number of nitrogens with zero attached hydrogens (tertiary/aromatic N) is 1. The lowest BCUT2D eigenvalue weighted by atomic mass is 10.2. The molecular weight excluding hydrogens is 246 g/mol. The van der Waals surface area contributed by atoms with Crippen LogP contribution in [0.3, 0.4) is 0 Å². The third-order valence-corrected chi connectivity index (χ3v) is 2.93. The molecule has 2 rings (SSSR count). The highest BCUT2D eigenvalue weighted by molar-refractivity contribution is 7.14. The zero-order chi connectivity index (χ0) is 12.8. The zero-order valence-corrected chi connectivity index (χ0v) is 10.7. The number of carbonyl (C=O) groups is 1. The minimum atomic E-state index is -0.290. The summed E-state index contributed by atoms with van der Waals surface area (Å²) in [6.45, 7) is 1.83. The largest absolute Gasteiger partial charge is 0.324 e. The van der Waals surface area contributed by atoms with Gasteiger partial charge in [0.25, 0.3) is 0 Å². The summed E-state index contributed by atoms with van der Waals surface area (Å²) in [4.78, 5) is 15.8. The van der Waals surface area contributed by atoms with Crippen LogP contribution in [0.4, 0.5) is 9.93 Å². The summed E-state index contributed by atoms with van der Waals surface area (Å²) in [6.07, 6.45) is 3.32. The lowest BCUT2D eigenvalue weighted by molar-refractivity contribution is 0.255. The van der Waals surface area contributed by atoms with Gasteiger partial charge in [-0.15, -0.1) is 11.3 Å². The second kappa shape index (κ2) is 5.97. The quantitative estimate of drug-likeness (QED) is 0.886. The maximum atomic E-state index is 11.4. The Bertz CT molecular complexity index is 548. The van der Waals surface area contributed by atoms with Crippen LogP contribution in [0.25, 0.3) is 11.3 Å². The van der Waals surface area contributed by atoms with Crippen molar-refractivity contribution in [1.29, 1.82) is 0 Å². The van der Waals surface area contributed by atoms with Crippen LogP contribution in [0.15, 0.2) is 48.0 Å². The van der Waals surface area contributed by atoms with Crippen molar-refractivity contribution < 1.29 is 4.79 Å². The van der Waals surface area contributed by atoms with Crippen molar-refractivity contribution in [2.45, 2.75) is 6.92 Å². The maximum absolute atomic E-state index is 11.4. The van der Waals surface area contributed by atoms with Crippen LogP contribution in [-0.2, 0) is 0 Å². The molecule has 0 aliphatic rings. The van der Waals surface area contributed by atoms with Crippen molar-refractivity contribution in [2.24, 2.45) is 0 Å². The lowest BCUT2D eigenvalue weighted by Gasteiger charge is -1.99. The molecule has 0 bridgehead atoms. The number of carbonyl (C=O) groups excluding carboxylic acids is 1. The summed E-state index contributed by atoms with van der Waals surface area (Å²) in [5.74, 6) is 0. The molecular formula is C13H13N3OS. The van der Waals surface area contributed by atoms with Gasteiger partial charge < -0.3 is 5.32 Å². The Hall–Kier alpha value is -2.14. The monoisotopic (exact) mass is 259 g/mol. The van der Waals surface area contributed by atoms with Crippen molar-refractivity contribution in [3.05, 3.63) is 48.0 Å². The van der Waals surface area contributed by atoms with Crippen LogP contribution in [0, 0.1) is 0 Å². The highest BCUT2D eigenvalue weighted by atomic mass is 32.1. The van der Waals surface area contributed by atoms with Crippen molar-refractivity contribution in [3.8, 4) is 11.3 Å². The normalized spacial score (nSPS) is 10.5. The van der Waals surface area contributed by atoms with Gasteiger partial charge in [0.1, 0.15) is 0 Å². The second-order valence-corrected chi connectivity index (χ2v) is 4.36. The number of hydrogen-bond acceptors (Lipinski definition) is 3. The van der Waals surface area contributed by atoms with Crippen LogP contribution >= 0.6 is 11.3 Å². The molecule has 0 saturated carbocycles.